The van der Waals surface area contributed by atoms with Crippen molar-refractivity contribution in [2.45, 2.75) is 40.5 Å². The Kier molecular flexibility index (Phi) is 5.49. The molecular formula is C16H21N. The van der Waals surface area contributed by atoms with Crippen molar-refractivity contribution in [1.29, 1.82) is 0 Å². The Morgan fingerprint density at radius 2 is 2.35 bits per heavy atom. The summed E-state index contributed by atoms with van der Waals surface area (Å²) in [4.78, 5) is 4.47. The lowest BCUT2D eigenvalue weighted by Crippen LogP contribution is -2.14. The number of nitrogens with zero attached hydrogens (tertiary/aromatic N) is 1. The standard InChI is InChI=1S/C16H21N/c1-5-9-15-11-8-10-14(7-3)16(15)13(4)17-12-6-2/h6,8,10,12,15H,7,11H2,1-4H3/b12-6-,17-13?. The van der Waals surface area contributed by atoms with E-state index in [-0.39, 0.29) is 0 Å². The maximum atomic E-state index is 4.47. The first-order valence-electron chi connectivity index (χ1n) is 6.22. The van der Waals surface area contributed by atoms with E-state index in [1.165, 1.54) is 11.1 Å². The quantitative estimate of drug-likeness (QED) is 0.504. The predicted octanol–water partition coefficient (Wildman–Crippen LogP) is 4.29. The van der Waals surface area contributed by atoms with Crippen LogP contribution in [0.5, 0.6) is 0 Å². The Labute approximate surface area is 105 Å². The van der Waals surface area contributed by atoms with Crippen LogP contribution < -0.4 is 0 Å². The molecule has 17 heavy (non-hydrogen) atoms. The molecule has 0 N–H and O–H groups in total. The van der Waals surface area contributed by atoms with Crippen molar-refractivity contribution in [2.75, 3.05) is 0 Å². The number of allylic oxidation sites excluding steroid dienone is 5. The van der Waals surface area contributed by atoms with Crippen LogP contribution >= 0.6 is 0 Å². The summed E-state index contributed by atoms with van der Waals surface area (Å²) >= 11 is 0. The zero-order chi connectivity index (χ0) is 12.7. The minimum atomic E-state index is 0.314. The highest BCUT2D eigenvalue weighted by Gasteiger charge is 2.19. The van der Waals surface area contributed by atoms with Crippen LogP contribution in [0.2, 0.25) is 0 Å². The van der Waals surface area contributed by atoms with E-state index in [2.05, 4.69) is 42.8 Å². The number of hydrogen-bond donors (Lipinski definition) is 0. The van der Waals surface area contributed by atoms with Crippen LogP contribution in [0, 0.1) is 17.8 Å². The van der Waals surface area contributed by atoms with Gasteiger partial charge in [0.05, 0.1) is 5.92 Å². The van der Waals surface area contributed by atoms with E-state index in [0.29, 0.717) is 5.92 Å². The van der Waals surface area contributed by atoms with E-state index in [4.69, 9.17) is 0 Å². The smallest absolute Gasteiger partial charge is 0.0507 e. The summed E-state index contributed by atoms with van der Waals surface area (Å²) in [5.74, 6) is 6.64. The molecule has 0 saturated carbocycles. The predicted molar refractivity (Wildman–Crippen MR) is 75.9 cm³/mol. The molecule has 0 amide bonds. The lowest BCUT2D eigenvalue weighted by Gasteiger charge is -2.21. The largest absolute Gasteiger partial charge is 0.262 e. The van der Waals surface area contributed by atoms with E-state index in [9.17, 15) is 0 Å². The summed E-state index contributed by atoms with van der Waals surface area (Å²) in [5.41, 5.74) is 3.79. The minimum Gasteiger partial charge on any atom is -0.262 e. The summed E-state index contributed by atoms with van der Waals surface area (Å²) in [6.45, 7) is 8.15. The van der Waals surface area contributed by atoms with Crippen LogP contribution in [0.15, 0.2) is 40.6 Å². The third-order valence-corrected chi connectivity index (χ3v) is 2.89. The first kappa shape index (κ1) is 13.5. The molecule has 0 spiro atoms. The molecule has 90 valence electrons. The normalized spacial score (nSPS) is 20.7. The molecule has 0 heterocycles. The van der Waals surface area contributed by atoms with Crippen molar-refractivity contribution in [1.82, 2.24) is 0 Å². The van der Waals surface area contributed by atoms with E-state index < -0.39 is 0 Å². The zero-order valence-electron chi connectivity index (χ0n) is 11.2. The van der Waals surface area contributed by atoms with Gasteiger partial charge in [-0.15, -0.1) is 5.92 Å². The molecule has 1 atom stereocenters. The average Bonchev–Trinajstić information content (AvgIpc) is 2.36. The molecule has 0 aromatic rings. The van der Waals surface area contributed by atoms with E-state index in [0.717, 1.165) is 18.6 Å². The number of hydrogen-bond acceptors (Lipinski definition) is 1. The lowest BCUT2D eigenvalue weighted by atomic mass is 9.84. The second kappa shape index (κ2) is 6.91. The highest BCUT2D eigenvalue weighted by atomic mass is 14.7. The van der Waals surface area contributed by atoms with Crippen molar-refractivity contribution in [3.05, 3.63) is 35.6 Å². The molecule has 0 saturated heterocycles. The van der Waals surface area contributed by atoms with E-state index >= 15 is 0 Å². The SMILES string of the molecule is CC#CC1CC=CC(CC)=C1C(C)=N/C=C\C. The fourth-order valence-corrected chi connectivity index (χ4v) is 2.13. The van der Waals surface area contributed by atoms with Gasteiger partial charge in [0.1, 0.15) is 0 Å². The summed E-state index contributed by atoms with van der Waals surface area (Å²) < 4.78 is 0. The molecule has 1 rings (SSSR count). The molecule has 0 bridgehead atoms. The molecular weight excluding hydrogens is 206 g/mol. The van der Waals surface area contributed by atoms with Crippen molar-refractivity contribution >= 4 is 5.71 Å². The Morgan fingerprint density at radius 1 is 1.59 bits per heavy atom. The van der Waals surface area contributed by atoms with Gasteiger partial charge in [-0.2, -0.15) is 0 Å². The summed E-state index contributed by atoms with van der Waals surface area (Å²) in [5, 5.41) is 0. The van der Waals surface area contributed by atoms with Gasteiger partial charge in [-0.25, -0.2) is 0 Å². The third kappa shape index (κ3) is 3.46. The first-order chi connectivity index (χ1) is 8.24. The van der Waals surface area contributed by atoms with Gasteiger partial charge >= 0.3 is 0 Å². The topological polar surface area (TPSA) is 12.4 Å². The molecule has 1 heteroatoms. The zero-order valence-corrected chi connectivity index (χ0v) is 11.2. The fourth-order valence-electron chi connectivity index (χ4n) is 2.13. The van der Waals surface area contributed by atoms with E-state index in [1.807, 2.05) is 26.1 Å². The van der Waals surface area contributed by atoms with Crippen molar-refractivity contribution in [3.63, 3.8) is 0 Å². The van der Waals surface area contributed by atoms with Gasteiger partial charge in [0, 0.05) is 11.9 Å². The summed E-state index contributed by atoms with van der Waals surface area (Å²) in [6, 6.07) is 0. The Balaban J connectivity index is 3.19. The highest BCUT2D eigenvalue weighted by Crippen LogP contribution is 2.28. The summed E-state index contributed by atoms with van der Waals surface area (Å²) in [6.07, 6.45) is 10.3. The van der Waals surface area contributed by atoms with Gasteiger partial charge in [0.2, 0.25) is 0 Å². The Bertz CT molecular complexity index is 436. The van der Waals surface area contributed by atoms with Crippen molar-refractivity contribution < 1.29 is 0 Å². The molecule has 0 aromatic heterocycles. The van der Waals surface area contributed by atoms with Gasteiger partial charge < -0.3 is 0 Å². The molecule has 1 nitrogen and oxygen atoms in total. The molecule has 0 aliphatic heterocycles. The highest BCUT2D eigenvalue weighted by molar-refractivity contribution is 6.01. The van der Waals surface area contributed by atoms with Crippen LogP contribution in [-0.4, -0.2) is 5.71 Å². The molecule has 0 aromatic carbocycles. The summed E-state index contributed by atoms with van der Waals surface area (Å²) in [7, 11) is 0. The number of rotatable bonds is 3. The third-order valence-electron chi connectivity index (χ3n) is 2.89. The van der Waals surface area contributed by atoms with Crippen LogP contribution in [0.3, 0.4) is 0 Å². The van der Waals surface area contributed by atoms with Gasteiger partial charge in [-0.05, 0) is 44.8 Å². The van der Waals surface area contributed by atoms with E-state index in [1.54, 1.807) is 0 Å². The van der Waals surface area contributed by atoms with Gasteiger partial charge in [0.15, 0.2) is 0 Å². The molecule has 1 aliphatic carbocycles. The Morgan fingerprint density at radius 3 is 2.94 bits per heavy atom. The molecule has 1 unspecified atom stereocenters. The molecule has 0 fully saturated rings. The van der Waals surface area contributed by atoms with Crippen LogP contribution in [0.1, 0.15) is 40.5 Å². The van der Waals surface area contributed by atoms with Crippen molar-refractivity contribution in [3.8, 4) is 11.8 Å². The number of aliphatic imine (C=N–C) groups is 1. The van der Waals surface area contributed by atoms with Gasteiger partial charge in [0.25, 0.3) is 0 Å². The maximum Gasteiger partial charge on any atom is 0.0507 e. The van der Waals surface area contributed by atoms with Crippen molar-refractivity contribution in [2.24, 2.45) is 10.9 Å². The second-order valence-corrected chi connectivity index (χ2v) is 4.07. The van der Waals surface area contributed by atoms with Gasteiger partial charge in [-0.3, -0.25) is 4.99 Å². The maximum absolute atomic E-state index is 4.47. The Hall–Kier alpha value is -1.55. The van der Waals surface area contributed by atoms with Crippen LogP contribution in [0.25, 0.3) is 0 Å². The molecule has 1 aliphatic rings. The minimum absolute atomic E-state index is 0.314. The molecule has 0 radical (unpaired) electrons. The second-order valence-electron chi connectivity index (χ2n) is 4.07. The van der Waals surface area contributed by atoms with Crippen LogP contribution in [0.4, 0.5) is 0 Å². The monoisotopic (exact) mass is 227 g/mol. The fraction of sp³-hybridized carbons (Fsp3) is 0.438. The lowest BCUT2D eigenvalue weighted by molar-refractivity contribution is 0.800. The average molecular weight is 227 g/mol. The van der Waals surface area contributed by atoms with Crippen LogP contribution in [-0.2, 0) is 0 Å². The first-order valence-corrected chi connectivity index (χ1v) is 6.22. The van der Waals surface area contributed by atoms with Gasteiger partial charge in [-0.1, -0.05) is 31.1 Å².